The Hall–Kier alpha value is -3.47. The fourth-order valence-electron chi connectivity index (χ4n) is 2.91. The van der Waals surface area contributed by atoms with Gasteiger partial charge in [-0.15, -0.1) is 0 Å². The molecule has 0 unspecified atom stereocenters. The van der Waals surface area contributed by atoms with Crippen molar-refractivity contribution >= 4 is 21.6 Å². The highest BCUT2D eigenvalue weighted by Crippen LogP contribution is 2.25. The predicted octanol–water partition coefficient (Wildman–Crippen LogP) is 4.21. The Balaban J connectivity index is 1.57. The number of carbonyl (C=O) groups excluding carboxylic acids is 1. The van der Waals surface area contributed by atoms with E-state index >= 15 is 0 Å². The second kappa shape index (κ2) is 9.99. The number of halogens is 2. The molecule has 0 aliphatic heterocycles. The van der Waals surface area contributed by atoms with Crippen LogP contribution >= 0.6 is 0 Å². The number of rotatable bonds is 9. The molecule has 8 nitrogen and oxygen atoms in total. The SMILES string of the molecule is CC(C)c1cccc(Oc2nc(C(=O)NCCc3cc(F)c(NS(C)(=O)=O)c(F)c3)co2)c1. The summed E-state index contributed by atoms with van der Waals surface area (Å²) in [4.78, 5) is 16.3. The van der Waals surface area contributed by atoms with Crippen molar-refractivity contribution in [1.29, 1.82) is 0 Å². The lowest BCUT2D eigenvalue weighted by Crippen LogP contribution is -2.26. The molecule has 11 heteroatoms. The normalized spacial score (nSPS) is 11.5. The lowest BCUT2D eigenvalue weighted by atomic mass is 10.0. The van der Waals surface area contributed by atoms with Crippen LogP contribution in [-0.4, -0.2) is 32.1 Å². The Morgan fingerprint density at radius 2 is 1.88 bits per heavy atom. The highest BCUT2D eigenvalue weighted by molar-refractivity contribution is 7.92. The van der Waals surface area contributed by atoms with E-state index in [1.807, 2.05) is 18.2 Å². The number of sulfonamides is 1. The number of hydrogen-bond donors (Lipinski definition) is 2. The first-order valence-electron chi connectivity index (χ1n) is 9.99. The van der Waals surface area contributed by atoms with E-state index in [1.165, 1.54) is 0 Å². The first kappa shape index (κ1) is 24.2. The molecular formula is C22H23F2N3O5S. The van der Waals surface area contributed by atoms with Gasteiger partial charge in [-0.1, -0.05) is 26.0 Å². The first-order valence-corrected chi connectivity index (χ1v) is 11.9. The van der Waals surface area contributed by atoms with Crippen LogP contribution in [-0.2, 0) is 16.4 Å². The molecule has 1 heterocycles. The minimum atomic E-state index is -3.83. The van der Waals surface area contributed by atoms with Gasteiger partial charge in [0, 0.05) is 6.54 Å². The molecule has 0 spiro atoms. The minimum Gasteiger partial charge on any atom is -0.416 e. The maximum absolute atomic E-state index is 14.1. The van der Waals surface area contributed by atoms with Crippen LogP contribution in [0.25, 0.3) is 0 Å². The Labute approximate surface area is 190 Å². The van der Waals surface area contributed by atoms with Gasteiger partial charge in [0.05, 0.1) is 6.26 Å². The zero-order valence-corrected chi connectivity index (χ0v) is 19.0. The number of nitrogens with one attached hydrogen (secondary N) is 2. The van der Waals surface area contributed by atoms with E-state index in [1.54, 1.807) is 10.8 Å². The van der Waals surface area contributed by atoms with Crippen LogP contribution in [0.15, 0.2) is 47.1 Å². The number of ether oxygens (including phenoxy) is 1. The molecule has 0 aliphatic rings. The molecule has 0 bridgehead atoms. The molecule has 1 aromatic heterocycles. The monoisotopic (exact) mass is 479 g/mol. The second-order valence-corrected chi connectivity index (χ2v) is 9.39. The van der Waals surface area contributed by atoms with Gasteiger partial charge < -0.3 is 14.5 Å². The van der Waals surface area contributed by atoms with Crippen molar-refractivity contribution in [2.24, 2.45) is 0 Å². The summed E-state index contributed by atoms with van der Waals surface area (Å²) in [5.41, 5.74) is 0.540. The van der Waals surface area contributed by atoms with E-state index in [0.29, 0.717) is 11.7 Å². The summed E-state index contributed by atoms with van der Waals surface area (Å²) in [5.74, 6) is -1.83. The molecule has 1 amide bonds. The number of aromatic nitrogens is 1. The molecule has 3 aromatic rings. The number of hydrogen-bond acceptors (Lipinski definition) is 6. The number of anilines is 1. The third-order valence-corrected chi connectivity index (χ3v) is 5.11. The Morgan fingerprint density at radius 3 is 2.52 bits per heavy atom. The fraction of sp³-hybridized carbons (Fsp3) is 0.273. The molecule has 33 heavy (non-hydrogen) atoms. The van der Waals surface area contributed by atoms with Crippen molar-refractivity contribution in [3.8, 4) is 11.8 Å². The summed E-state index contributed by atoms with van der Waals surface area (Å²) < 4.78 is 63.0. The average Bonchev–Trinajstić information content (AvgIpc) is 3.19. The average molecular weight is 480 g/mol. The highest BCUT2D eigenvalue weighted by Gasteiger charge is 2.16. The summed E-state index contributed by atoms with van der Waals surface area (Å²) in [6.45, 7) is 4.16. The van der Waals surface area contributed by atoms with Crippen molar-refractivity contribution in [2.75, 3.05) is 17.5 Å². The molecule has 3 rings (SSSR count). The minimum absolute atomic E-state index is 0.0184. The third kappa shape index (κ3) is 6.75. The van der Waals surface area contributed by atoms with Gasteiger partial charge in [-0.3, -0.25) is 9.52 Å². The quantitative estimate of drug-likeness (QED) is 0.476. The molecule has 0 saturated carbocycles. The molecule has 0 atom stereocenters. The van der Waals surface area contributed by atoms with Crippen molar-refractivity contribution in [1.82, 2.24) is 10.3 Å². The first-order chi connectivity index (χ1) is 15.5. The molecule has 0 fully saturated rings. The van der Waals surface area contributed by atoms with Gasteiger partial charge in [-0.05, 0) is 47.7 Å². The lowest BCUT2D eigenvalue weighted by Gasteiger charge is -2.09. The Morgan fingerprint density at radius 1 is 1.18 bits per heavy atom. The highest BCUT2D eigenvalue weighted by atomic mass is 32.2. The van der Waals surface area contributed by atoms with Crippen molar-refractivity contribution in [3.63, 3.8) is 0 Å². The van der Waals surface area contributed by atoms with Gasteiger partial charge >= 0.3 is 6.08 Å². The van der Waals surface area contributed by atoms with Gasteiger partial charge in [0.2, 0.25) is 10.0 Å². The van der Waals surface area contributed by atoms with Crippen molar-refractivity contribution in [2.45, 2.75) is 26.2 Å². The van der Waals surface area contributed by atoms with Crippen LogP contribution in [0, 0.1) is 11.6 Å². The van der Waals surface area contributed by atoms with Crippen LogP contribution in [0.4, 0.5) is 14.5 Å². The van der Waals surface area contributed by atoms with Gasteiger partial charge in [0.1, 0.15) is 17.7 Å². The number of amides is 1. The zero-order valence-electron chi connectivity index (χ0n) is 18.2. The van der Waals surface area contributed by atoms with Crippen molar-refractivity contribution < 1.29 is 31.1 Å². The number of oxazole rings is 1. The topological polar surface area (TPSA) is 111 Å². The lowest BCUT2D eigenvalue weighted by molar-refractivity contribution is 0.0949. The summed E-state index contributed by atoms with van der Waals surface area (Å²) in [6, 6.07) is 9.40. The van der Waals surface area contributed by atoms with Gasteiger partial charge in [-0.25, -0.2) is 17.2 Å². The maximum Gasteiger partial charge on any atom is 0.399 e. The van der Waals surface area contributed by atoms with E-state index in [4.69, 9.17) is 9.15 Å². The third-order valence-electron chi connectivity index (χ3n) is 4.53. The summed E-state index contributed by atoms with van der Waals surface area (Å²) in [5, 5.41) is 2.57. The van der Waals surface area contributed by atoms with E-state index in [0.717, 1.165) is 30.2 Å². The van der Waals surface area contributed by atoms with Crippen LogP contribution < -0.4 is 14.8 Å². The number of nitrogens with zero attached hydrogens (tertiary/aromatic N) is 1. The Bertz CT molecular complexity index is 1240. The standard InChI is InChI=1S/C22H23F2N3O5S/c1-13(2)15-5-4-6-16(11-15)32-22-26-19(12-31-22)21(28)25-8-7-14-9-17(23)20(18(24)10-14)27-33(3,29)30/h4-6,9-13,27H,7-8H2,1-3H3,(H,25,28). The summed E-state index contributed by atoms with van der Waals surface area (Å²) in [7, 11) is -3.83. The smallest absolute Gasteiger partial charge is 0.399 e. The number of benzene rings is 2. The van der Waals surface area contributed by atoms with Crippen LogP contribution in [0.2, 0.25) is 0 Å². The molecule has 0 saturated heterocycles. The Kier molecular flexibility index (Phi) is 7.32. The van der Waals surface area contributed by atoms with Crippen LogP contribution in [0.1, 0.15) is 41.4 Å². The van der Waals surface area contributed by atoms with Gasteiger partial charge in [0.25, 0.3) is 5.91 Å². The second-order valence-electron chi connectivity index (χ2n) is 7.64. The largest absolute Gasteiger partial charge is 0.416 e. The van der Waals surface area contributed by atoms with Gasteiger partial charge in [0.15, 0.2) is 17.3 Å². The van der Waals surface area contributed by atoms with E-state index in [9.17, 15) is 22.0 Å². The summed E-state index contributed by atoms with van der Waals surface area (Å²) >= 11 is 0. The summed E-state index contributed by atoms with van der Waals surface area (Å²) in [6.07, 6.45) is 1.93. The number of carbonyl (C=O) groups is 1. The predicted molar refractivity (Wildman–Crippen MR) is 118 cm³/mol. The molecule has 2 N–H and O–H groups in total. The molecular weight excluding hydrogens is 456 g/mol. The van der Waals surface area contributed by atoms with Crippen molar-refractivity contribution in [3.05, 3.63) is 71.1 Å². The van der Waals surface area contributed by atoms with E-state index < -0.39 is 33.3 Å². The molecule has 0 radical (unpaired) electrons. The van der Waals surface area contributed by atoms with E-state index in [-0.39, 0.29) is 30.3 Å². The maximum atomic E-state index is 14.1. The van der Waals surface area contributed by atoms with Crippen LogP contribution in [0.3, 0.4) is 0 Å². The molecule has 2 aromatic carbocycles. The van der Waals surface area contributed by atoms with Crippen LogP contribution in [0.5, 0.6) is 11.8 Å². The molecule has 0 aliphatic carbocycles. The molecule has 176 valence electrons. The fourth-order valence-corrected chi connectivity index (χ4v) is 3.48. The van der Waals surface area contributed by atoms with Gasteiger partial charge in [-0.2, -0.15) is 4.98 Å². The zero-order chi connectivity index (χ0) is 24.2. The van der Waals surface area contributed by atoms with E-state index in [2.05, 4.69) is 24.1 Å².